The molecule has 1 heterocycles. The fraction of sp³-hybridized carbons (Fsp3) is 0.632. The van der Waals surface area contributed by atoms with Crippen LogP contribution in [0, 0.1) is 5.41 Å². The van der Waals surface area contributed by atoms with Gasteiger partial charge in [0.1, 0.15) is 5.84 Å². The van der Waals surface area contributed by atoms with Crippen LogP contribution < -0.4 is 27.3 Å². The van der Waals surface area contributed by atoms with Gasteiger partial charge in [0, 0.05) is 24.4 Å². The highest BCUT2D eigenvalue weighted by atomic mass is 35.5. The first-order chi connectivity index (χ1) is 13.1. The van der Waals surface area contributed by atoms with E-state index in [1.165, 1.54) is 32.1 Å². The molecule has 0 aromatic carbocycles. The number of ether oxygens (including phenoxy) is 1. The molecule has 0 saturated heterocycles. The monoisotopic (exact) mass is 413 g/mol. The summed E-state index contributed by atoms with van der Waals surface area (Å²) in [7, 11) is 0. The highest BCUT2D eigenvalue weighted by Crippen LogP contribution is 2.08. The van der Waals surface area contributed by atoms with E-state index in [1.54, 1.807) is 18.3 Å². The van der Waals surface area contributed by atoms with Gasteiger partial charge in [-0.2, -0.15) is 0 Å². The highest BCUT2D eigenvalue weighted by molar-refractivity contribution is 5.94. The van der Waals surface area contributed by atoms with Crippen LogP contribution in [0.2, 0.25) is 0 Å². The van der Waals surface area contributed by atoms with Crippen molar-refractivity contribution in [3.05, 3.63) is 23.9 Å². The molecule has 0 saturated carbocycles. The fourth-order valence-corrected chi connectivity index (χ4v) is 2.56. The quantitative estimate of drug-likeness (QED) is 0.159. The number of halogens is 1. The number of aromatic nitrogens is 1. The molecule has 0 fully saturated rings. The van der Waals surface area contributed by atoms with E-state index in [1.807, 2.05) is 0 Å². The van der Waals surface area contributed by atoms with Gasteiger partial charge in [0.15, 0.2) is 5.96 Å². The minimum atomic E-state index is 0. The first kappa shape index (κ1) is 25.9. The molecular weight excluding hydrogens is 378 g/mol. The Morgan fingerprint density at radius 1 is 0.964 bits per heavy atom. The van der Waals surface area contributed by atoms with Crippen LogP contribution in [0.15, 0.2) is 23.3 Å². The molecule has 0 amide bonds. The molecule has 0 radical (unpaired) electrons. The van der Waals surface area contributed by atoms with E-state index in [-0.39, 0.29) is 24.2 Å². The van der Waals surface area contributed by atoms with Crippen molar-refractivity contribution in [3.63, 3.8) is 0 Å². The Hall–Kier alpha value is -2.06. The van der Waals surface area contributed by atoms with Crippen molar-refractivity contribution in [2.45, 2.75) is 51.4 Å². The third-order valence-electron chi connectivity index (χ3n) is 4.10. The number of unbranched alkanes of at least 4 members (excludes halogenated alkanes) is 6. The number of aliphatic imine (C=N–C) groups is 1. The maximum absolute atomic E-state index is 7.32. The molecule has 0 spiro atoms. The normalized spacial score (nSPS) is 10.1. The van der Waals surface area contributed by atoms with E-state index < -0.39 is 0 Å². The predicted octanol–water partition coefficient (Wildman–Crippen LogP) is 2.15. The molecule has 0 unspecified atom stereocenters. The SMILES string of the molecule is Cl.N=C(N)c1ccc(OCCCCNCCCCCCCCN=C(N)N)nc1. The van der Waals surface area contributed by atoms with Gasteiger partial charge >= 0.3 is 0 Å². The Kier molecular flexibility index (Phi) is 15.8. The molecule has 28 heavy (non-hydrogen) atoms. The Morgan fingerprint density at radius 2 is 1.61 bits per heavy atom. The number of nitrogens with zero attached hydrogens (tertiary/aromatic N) is 2. The topological polar surface area (TPSA) is 148 Å². The van der Waals surface area contributed by atoms with Gasteiger partial charge in [-0.1, -0.05) is 25.7 Å². The number of nitrogens with one attached hydrogen (secondary N) is 2. The summed E-state index contributed by atoms with van der Waals surface area (Å²) in [6.45, 7) is 3.48. The second-order valence-electron chi connectivity index (χ2n) is 6.53. The Balaban J connectivity index is 0.00000729. The molecule has 1 aromatic heterocycles. The number of guanidine groups is 1. The van der Waals surface area contributed by atoms with Gasteiger partial charge < -0.3 is 27.3 Å². The van der Waals surface area contributed by atoms with E-state index in [4.69, 9.17) is 27.3 Å². The lowest BCUT2D eigenvalue weighted by Crippen LogP contribution is -2.22. The minimum absolute atomic E-state index is 0. The summed E-state index contributed by atoms with van der Waals surface area (Å²) in [6.07, 6.45) is 10.9. The smallest absolute Gasteiger partial charge is 0.213 e. The van der Waals surface area contributed by atoms with Crippen LogP contribution in [-0.2, 0) is 0 Å². The molecule has 160 valence electrons. The zero-order chi connectivity index (χ0) is 19.7. The maximum Gasteiger partial charge on any atom is 0.213 e. The van der Waals surface area contributed by atoms with Gasteiger partial charge in [-0.25, -0.2) is 4.98 Å². The molecule has 8 nitrogen and oxygen atoms in total. The van der Waals surface area contributed by atoms with Crippen LogP contribution in [0.4, 0.5) is 0 Å². The van der Waals surface area contributed by atoms with Crippen LogP contribution >= 0.6 is 12.4 Å². The summed E-state index contributed by atoms with van der Waals surface area (Å²) in [4.78, 5) is 8.11. The second-order valence-corrected chi connectivity index (χ2v) is 6.53. The summed E-state index contributed by atoms with van der Waals surface area (Å²) in [5, 5.41) is 10.8. The number of rotatable bonds is 16. The van der Waals surface area contributed by atoms with Crippen LogP contribution in [0.1, 0.15) is 56.9 Å². The number of nitrogen functional groups attached to an aromatic ring is 1. The van der Waals surface area contributed by atoms with Crippen molar-refractivity contribution in [2.24, 2.45) is 22.2 Å². The molecule has 9 heteroatoms. The molecule has 8 N–H and O–H groups in total. The first-order valence-electron chi connectivity index (χ1n) is 9.79. The van der Waals surface area contributed by atoms with E-state index in [0.29, 0.717) is 18.1 Å². The third kappa shape index (κ3) is 14.1. The second kappa shape index (κ2) is 17.1. The largest absolute Gasteiger partial charge is 0.478 e. The van der Waals surface area contributed by atoms with Crippen molar-refractivity contribution in [3.8, 4) is 5.88 Å². The summed E-state index contributed by atoms with van der Waals surface area (Å²) in [5.74, 6) is 0.779. The van der Waals surface area contributed by atoms with Crippen molar-refractivity contribution < 1.29 is 4.74 Å². The molecule has 0 aliphatic heterocycles. The number of hydrogen-bond acceptors (Lipinski definition) is 5. The van der Waals surface area contributed by atoms with E-state index in [9.17, 15) is 0 Å². The van der Waals surface area contributed by atoms with Gasteiger partial charge in [-0.3, -0.25) is 10.4 Å². The van der Waals surface area contributed by atoms with Crippen LogP contribution in [0.5, 0.6) is 5.88 Å². The zero-order valence-electron chi connectivity index (χ0n) is 16.7. The number of hydrogen-bond donors (Lipinski definition) is 5. The Bertz CT molecular complexity index is 548. The lowest BCUT2D eigenvalue weighted by atomic mass is 10.1. The summed E-state index contributed by atoms with van der Waals surface area (Å²) < 4.78 is 5.58. The molecule has 1 rings (SSSR count). The van der Waals surface area contributed by atoms with Gasteiger partial charge in [0.25, 0.3) is 0 Å². The average molecular weight is 414 g/mol. The molecule has 0 atom stereocenters. The predicted molar refractivity (Wildman–Crippen MR) is 118 cm³/mol. The molecular formula is C19H36ClN7O. The molecule has 1 aromatic rings. The van der Waals surface area contributed by atoms with Crippen molar-refractivity contribution in [1.29, 1.82) is 5.41 Å². The average Bonchev–Trinajstić information content (AvgIpc) is 2.65. The zero-order valence-corrected chi connectivity index (χ0v) is 17.5. The number of nitrogens with two attached hydrogens (primary N) is 3. The fourth-order valence-electron chi connectivity index (χ4n) is 2.56. The summed E-state index contributed by atoms with van der Waals surface area (Å²) >= 11 is 0. The van der Waals surface area contributed by atoms with Gasteiger partial charge in [0.05, 0.1) is 6.61 Å². The van der Waals surface area contributed by atoms with Crippen molar-refractivity contribution >= 4 is 24.2 Å². The summed E-state index contributed by atoms with van der Waals surface area (Å²) in [6, 6.07) is 3.49. The third-order valence-corrected chi connectivity index (χ3v) is 4.10. The molecule has 0 aliphatic carbocycles. The van der Waals surface area contributed by atoms with Crippen LogP contribution in [0.25, 0.3) is 0 Å². The van der Waals surface area contributed by atoms with Crippen molar-refractivity contribution in [1.82, 2.24) is 10.3 Å². The maximum atomic E-state index is 7.32. The Morgan fingerprint density at radius 3 is 2.21 bits per heavy atom. The van der Waals surface area contributed by atoms with Crippen LogP contribution in [-0.4, -0.2) is 43.0 Å². The van der Waals surface area contributed by atoms with E-state index >= 15 is 0 Å². The van der Waals surface area contributed by atoms with Gasteiger partial charge in [-0.15, -0.1) is 12.4 Å². The lowest BCUT2D eigenvalue weighted by molar-refractivity contribution is 0.294. The molecule has 0 bridgehead atoms. The number of amidine groups is 1. The lowest BCUT2D eigenvalue weighted by Gasteiger charge is -2.07. The standard InChI is InChI=1S/C19H35N7O.ClH/c20-18(21)16-9-10-17(26-15-16)27-14-8-7-12-24-11-5-3-1-2-4-6-13-25-19(22)23;/h9-10,15,24H,1-8,11-14H2,(H3,20,21)(H4,22,23,25);1H. The summed E-state index contributed by atoms with van der Waals surface area (Å²) in [5.41, 5.74) is 16.6. The van der Waals surface area contributed by atoms with Gasteiger partial charge in [-0.05, 0) is 44.8 Å². The first-order valence-corrected chi connectivity index (χ1v) is 9.79. The van der Waals surface area contributed by atoms with Crippen LogP contribution in [0.3, 0.4) is 0 Å². The highest BCUT2D eigenvalue weighted by Gasteiger charge is 1.99. The molecule has 0 aliphatic rings. The van der Waals surface area contributed by atoms with E-state index in [0.717, 1.165) is 38.9 Å². The van der Waals surface area contributed by atoms with Crippen molar-refractivity contribution in [2.75, 3.05) is 26.2 Å². The minimum Gasteiger partial charge on any atom is -0.478 e. The number of pyridine rings is 1. The Labute approximate surface area is 174 Å². The van der Waals surface area contributed by atoms with E-state index in [2.05, 4.69) is 15.3 Å². The van der Waals surface area contributed by atoms with Gasteiger partial charge in [0.2, 0.25) is 5.88 Å².